The van der Waals surface area contributed by atoms with Crippen LogP contribution in [0.2, 0.25) is 0 Å². The summed E-state index contributed by atoms with van der Waals surface area (Å²) < 4.78 is 0. The van der Waals surface area contributed by atoms with Gasteiger partial charge in [-0.3, -0.25) is 4.79 Å². The van der Waals surface area contributed by atoms with E-state index in [9.17, 15) is 4.79 Å². The van der Waals surface area contributed by atoms with Crippen molar-refractivity contribution in [1.29, 1.82) is 0 Å². The Morgan fingerprint density at radius 2 is 2.26 bits per heavy atom. The molecule has 0 bridgehead atoms. The molecule has 1 aromatic heterocycles. The number of unbranched alkanes of at least 4 members (excludes halogenated alkanes) is 2. The van der Waals surface area contributed by atoms with Gasteiger partial charge < -0.3 is 15.7 Å². The van der Waals surface area contributed by atoms with E-state index in [1.807, 2.05) is 5.38 Å². The van der Waals surface area contributed by atoms with Gasteiger partial charge >= 0.3 is 0 Å². The molecule has 5 heteroatoms. The van der Waals surface area contributed by atoms with E-state index >= 15 is 0 Å². The number of hydrogen-bond acceptors (Lipinski definition) is 4. The molecule has 0 atom stereocenters. The predicted molar refractivity (Wildman–Crippen MR) is 78.1 cm³/mol. The maximum Gasteiger partial charge on any atom is 0.254 e. The average molecular weight is 280 g/mol. The first-order valence-electron chi connectivity index (χ1n) is 6.33. The largest absolute Gasteiger partial charge is 0.396 e. The van der Waals surface area contributed by atoms with Gasteiger partial charge in [-0.2, -0.15) is 0 Å². The highest BCUT2D eigenvalue weighted by Crippen LogP contribution is 2.15. The van der Waals surface area contributed by atoms with E-state index in [2.05, 4.69) is 11.8 Å². The zero-order valence-electron chi connectivity index (χ0n) is 11.2. The van der Waals surface area contributed by atoms with Crippen LogP contribution in [0.1, 0.15) is 34.5 Å². The van der Waals surface area contributed by atoms with Gasteiger partial charge in [0.25, 0.3) is 5.91 Å². The van der Waals surface area contributed by atoms with E-state index in [1.54, 1.807) is 18.0 Å². The van der Waals surface area contributed by atoms with Crippen molar-refractivity contribution in [2.24, 2.45) is 5.73 Å². The fraction of sp³-hybridized carbons (Fsp3) is 0.500. The van der Waals surface area contributed by atoms with Gasteiger partial charge in [0.05, 0.1) is 17.0 Å². The Balaban J connectivity index is 2.49. The summed E-state index contributed by atoms with van der Waals surface area (Å²) >= 11 is 1.46. The standard InChI is InChI=1S/C14H20N2O2S/c1-16(8-3-2-4-9-17)14(18)12-10-13(19-11-12)6-5-7-15/h10-11,17H,2-4,7-9,15H2,1H3. The summed E-state index contributed by atoms with van der Waals surface area (Å²) in [5.74, 6) is 5.71. The van der Waals surface area contributed by atoms with Crippen LogP contribution in [0.4, 0.5) is 0 Å². The minimum Gasteiger partial charge on any atom is -0.396 e. The topological polar surface area (TPSA) is 66.6 Å². The number of hydrogen-bond donors (Lipinski definition) is 2. The molecule has 0 aliphatic carbocycles. The number of carbonyl (C=O) groups excluding carboxylic acids is 1. The molecule has 0 aromatic carbocycles. The molecule has 0 saturated carbocycles. The number of nitrogens with zero attached hydrogens (tertiary/aromatic N) is 1. The Morgan fingerprint density at radius 1 is 1.47 bits per heavy atom. The van der Waals surface area contributed by atoms with Crippen molar-refractivity contribution in [2.45, 2.75) is 19.3 Å². The molecule has 0 aliphatic heterocycles. The van der Waals surface area contributed by atoms with Crippen molar-refractivity contribution >= 4 is 17.2 Å². The van der Waals surface area contributed by atoms with Gasteiger partial charge in [0, 0.05) is 25.6 Å². The number of rotatable bonds is 6. The second-order valence-corrected chi connectivity index (χ2v) is 5.13. The van der Waals surface area contributed by atoms with Crippen molar-refractivity contribution in [1.82, 2.24) is 4.90 Å². The van der Waals surface area contributed by atoms with Crippen LogP contribution in [0.25, 0.3) is 0 Å². The Bertz CT molecular complexity index is 460. The Morgan fingerprint density at radius 3 is 2.95 bits per heavy atom. The summed E-state index contributed by atoms with van der Waals surface area (Å²) in [4.78, 5) is 14.7. The summed E-state index contributed by atoms with van der Waals surface area (Å²) in [6.45, 7) is 1.25. The number of carbonyl (C=O) groups is 1. The van der Waals surface area contributed by atoms with Crippen molar-refractivity contribution in [3.05, 3.63) is 21.9 Å². The zero-order chi connectivity index (χ0) is 14.1. The average Bonchev–Trinajstić information content (AvgIpc) is 2.89. The van der Waals surface area contributed by atoms with Crippen LogP contribution >= 0.6 is 11.3 Å². The van der Waals surface area contributed by atoms with Gasteiger partial charge in [0.15, 0.2) is 0 Å². The van der Waals surface area contributed by atoms with E-state index in [0.29, 0.717) is 18.7 Å². The molecule has 0 fully saturated rings. The minimum atomic E-state index is 0.0149. The fourth-order valence-corrected chi connectivity index (χ4v) is 2.36. The van der Waals surface area contributed by atoms with Gasteiger partial charge in [-0.15, -0.1) is 11.3 Å². The lowest BCUT2D eigenvalue weighted by atomic mass is 10.2. The van der Waals surface area contributed by atoms with Crippen LogP contribution in [-0.2, 0) is 0 Å². The van der Waals surface area contributed by atoms with Crippen molar-refractivity contribution in [3.8, 4) is 11.8 Å². The monoisotopic (exact) mass is 280 g/mol. The maximum atomic E-state index is 12.1. The summed E-state index contributed by atoms with van der Waals surface area (Å²) in [7, 11) is 1.80. The lowest BCUT2D eigenvalue weighted by Crippen LogP contribution is -2.27. The van der Waals surface area contributed by atoms with Gasteiger partial charge in [-0.25, -0.2) is 0 Å². The third kappa shape index (κ3) is 5.43. The van der Waals surface area contributed by atoms with Crippen molar-refractivity contribution in [3.63, 3.8) is 0 Å². The predicted octanol–water partition coefficient (Wildman–Crippen LogP) is 1.29. The SMILES string of the molecule is CN(CCCCCO)C(=O)c1csc(C#CCN)c1. The Labute approximate surface area is 118 Å². The summed E-state index contributed by atoms with van der Waals surface area (Å²) in [5, 5.41) is 10.5. The van der Waals surface area contributed by atoms with Crippen LogP contribution < -0.4 is 5.73 Å². The van der Waals surface area contributed by atoms with Crippen LogP contribution in [0, 0.1) is 11.8 Å². The second kappa shape index (κ2) is 8.70. The summed E-state index contributed by atoms with van der Waals surface area (Å²) in [6, 6.07) is 1.81. The Hall–Kier alpha value is -1.35. The minimum absolute atomic E-state index is 0.0149. The van der Waals surface area contributed by atoms with Crippen LogP contribution in [0.3, 0.4) is 0 Å². The molecule has 4 nitrogen and oxygen atoms in total. The highest BCUT2D eigenvalue weighted by molar-refractivity contribution is 7.10. The first kappa shape index (κ1) is 15.7. The van der Waals surface area contributed by atoms with E-state index in [1.165, 1.54) is 11.3 Å². The number of thiophene rings is 1. The number of aliphatic hydroxyl groups excluding tert-OH is 1. The Kier molecular flexibility index (Phi) is 7.19. The second-order valence-electron chi connectivity index (χ2n) is 4.22. The third-order valence-electron chi connectivity index (χ3n) is 2.66. The number of aliphatic hydroxyl groups is 1. The van der Waals surface area contributed by atoms with E-state index in [4.69, 9.17) is 10.8 Å². The van der Waals surface area contributed by atoms with Crippen molar-refractivity contribution < 1.29 is 9.90 Å². The molecular weight excluding hydrogens is 260 g/mol. The molecule has 0 spiro atoms. The lowest BCUT2D eigenvalue weighted by Gasteiger charge is -2.16. The molecule has 19 heavy (non-hydrogen) atoms. The highest BCUT2D eigenvalue weighted by atomic mass is 32.1. The van der Waals surface area contributed by atoms with E-state index in [0.717, 1.165) is 24.1 Å². The molecule has 0 saturated heterocycles. The number of amides is 1. The van der Waals surface area contributed by atoms with Crippen LogP contribution in [-0.4, -0.2) is 42.7 Å². The van der Waals surface area contributed by atoms with Crippen LogP contribution in [0.15, 0.2) is 11.4 Å². The van der Waals surface area contributed by atoms with Gasteiger partial charge in [0.2, 0.25) is 0 Å². The molecule has 104 valence electrons. The summed E-state index contributed by atoms with van der Waals surface area (Å²) in [5.41, 5.74) is 5.99. The quantitative estimate of drug-likeness (QED) is 0.609. The molecule has 1 rings (SSSR count). The highest BCUT2D eigenvalue weighted by Gasteiger charge is 2.12. The van der Waals surface area contributed by atoms with Gasteiger partial charge in [0.1, 0.15) is 0 Å². The van der Waals surface area contributed by atoms with E-state index in [-0.39, 0.29) is 12.5 Å². The lowest BCUT2D eigenvalue weighted by molar-refractivity contribution is 0.0792. The first-order chi connectivity index (χ1) is 9.19. The number of nitrogens with two attached hydrogens (primary N) is 1. The van der Waals surface area contributed by atoms with E-state index < -0.39 is 0 Å². The normalized spacial score (nSPS) is 9.84. The molecule has 1 aromatic rings. The third-order valence-corrected chi connectivity index (χ3v) is 3.50. The maximum absolute atomic E-state index is 12.1. The molecule has 1 heterocycles. The molecule has 1 amide bonds. The zero-order valence-corrected chi connectivity index (χ0v) is 12.0. The van der Waals surface area contributed by atoms with Gasteiger partial charge in [-0.05, 0) is 25.3 Å². The molecule has 3 N–H and O–H groups in total. The smallest absolute Gasteiger partial charge is 0.254 e. The van der Waals surface area contributed by atoms with Gasteiger partial charge in [-0.1, -0.05) is 11.8 Å². The molecule has 0 radical (unpaired) electrons. The molecular formula is C14H20N2O2S. The molecule has 0 unspecified atom stereocenters. The van der Waals surface area contributed by atoms with Crippen molar-refractivity contribution in [2.75, 3.05) is 26.7 Å². The van der Waals surface area contributed by atoms with Crippen LogP contribution in [0.5, 0.6) is 0 Å². The molecule has 0 aliphatic rings. The fourth-order valence-electron chi connectivity index (χ4n) is 1.61. The summed E-state index contributed by atoms with van der Waals surface area (Å²) in [6.07, 6.45) is 2.64. The first-order valence-corrected chi connectivity index (χ1v) is 7.20.